The zero-order chi connectivity index (χ0) is 30.6. The van der Waals surface area contributed by atoms with Gasteiger partial charge in [-0.1, -0.05) is 18.2 Å². The van der Waals surface area contributed by atoms with Crippen molar-refractivity contribution in [1.82, 2.24) is 25.6 Å². The second-order valence-corrected chi connectivity index (χ2v) is 10.1. The van der Waals surface area contributed by atoms with Gasteiger partial charge in [-0.2, -0.15) is 0 Å². The summed E-state index contributed by atoms with van der Waals surface area (Å²) in [6.45, 7) is 13.1. The minimum atomic E-state index is -1.15. The van der Waals surface area contributed by atoms with E-state index in [1.165, 1.54) is 7.11 Å². The molecule has 0 saturated heterocycles. The molecule has 1 unspecified atom stereocenters. The number of aryl methyl sites for hydroxylation is 2. The molecule has 3 N–H and O–H groups in total. The highest BCUT2D eigenvalue weighted by molar-refractivity contribution is 5.98. The van der Waals surface area contributed by atoms with Crippen LogP contribution < -0.4 is 20.7 Å². The van der Waals surface area contributed by atoms with Crippen LogP contribution in [0.5, 0.6) is 5.88 Å². The molecule has 1 atom stereocenters. The Bertz CT molecular complexity index is 1260. The molecule has 0 fully saturated rings. The highest BCUT2D eigenvalue weighted by Crippen LogP contribution is 2.14. The number of aromatic nitrogens is 3. The molecular weight excluding hydrogens is 528 g/mol. The molecule has 0 aromatic carbocycles. The third kappa shape index (κ3) is 11.3. The summed E-state index contributed by atoms with van der Waals surface area (Å²) >= 11 is 0. The molecule has 0 spiro atoms. The van der Waals surface area contributed by atoms with E-state index in [0.29, 0.717) is 36.4 Å². The van der Waals surface area contributed by atoms with Crippen LogP contribution in [0.15, 0.2) is 35.9 Å². The van der Waals surface area contributed by atoms with Gasteiger partial charge in [-0.05, 0) is 66.2 Å². The number of ether oxygens (including phenoxy) is 3. The van der Waals surface area contributed by atoms with Crippen molar-refractivity contribution in [3.63, 3.8) is 0 Å². The topological polar surface area (TPSA) is 154 Å². The quantitative estimate of drug-likeness (QED) is 0.255. The van der Waals surface area contributed by atoms with Crippen LogP contribution in [0.4, 0.5) is 10.7 Å². The smallest absolute Gasteiger partial charge is 0.407 e. The lowest BCUT2D eigenvalue weighted by Gasteiger charge is -2.22. The Kier molecular flexibility index (Phi) is 12.2. The molecule has 2 amide bonds. The molecular formula is C29H40N6O6. The third-order valence-corrected chi connectivity index (χ3v) is 5.49. The number of methoxy groups -OCH3 is 1. The molecule has 0 aliphatic rings. The standard InChI is InChI=1S/C29H40N6O6/c1-9-18(2)17-40-23-14-10-12-21(34-23)13-11-15-30-27-32-19(3)24(20(4)33-27)25(36)35-22(26(37)39-8)16-31-28(38)41-29(5,6)7/h9-14,22H,15-17H2,1-8H3,(H,31,38)(H,35,36)(H,30,32,33). The monoisotopic (exact) mass is 568 g/mol. The summed E-state index contributed by atoms with van der Waals surface area (Å²) < 4.78 is 15.6. The average Bonchev–Trinajstić information content (AvgIpc) is 2.90. The number of hydrogen-bond acceptors (Lipinski definition) is 10. The van der Waals surface area contributed by atoms with Gasteiger partial charge in [-0.25, -0.2) is 24.5 Å². The van der Waals surface area contributed by atoms with Gasteiger partial charge in [0.05, 0.1) is 36.3 Å². The van der Waals surface area contributed by atoms with E-state index in [0.717, 1.165) is 11.3 Å². The number of pyridine rings is 1. The van der Waals surface area contributed by atoms with Gasteiger partial charge < -0.3 is 30.2 Å². The first-order valence-electron chi connectivity index (χ1n) is 13.2. The van der Waals surface area contributed by atoms with Crippen LogP contribution in [0.2, 0.25) is 0 Å². The highest BCUT2D eigenvalue weighted by atomic mass is 16.6. The lowest BCUT2D eigenvalue weighted by molar-refractivity contribution is -0.142. The minimum Gasteiger partial charge on any atom is -0.473 e. The number of anilines is 1. The number of rotatable bonds is 12. The molecule has 41 heavy (non-hydrogen) atoms. The molecule has 2 heterocycles. The maximum atomic E-state index is 13.1. The number of esters is 1. The number of carbonyl (C=O) groups is 3. The van der Waals surface area contributed by atoms with Gasteiger partial charge in [-0.15, -0.1) is 0 Å². The van der Waals surface area contributed by atoms with E-state index in [1.807, 2.05) is 44.2 Å². The Labute approximate surface area is 241 Å². The van der Waals surface area contributed by atoms with Crippen LogP contribution in [0, 0.1) is 13.8 Å². The number of nitrogens with one attached hydrogen (secondary N) is 3. The molecule has 2 aromatic rings. The molecule has 2 aromatic heterocycles. The summed E-state index contributed by atoms with van der Waals surface area (Å²) in [5.41, 5.74) is 2.18. The van der Waals surface area contributed by atoms with Crippen molar-refractivity contribution in [3.8, 4) is 5.88 Å². The summed E-state index contributed by atoms with van der Waals surface area (Å²) in [6, 6.07) is 4.40. The van der Waals surface area contributed by atoms with Crippen LogP contribution in [0.3, 0.4) is 0 Å². The molecule has 0 aliphatic carbocycles. The van der Waals surface area contributed by atoms with E-state index >= 15 is 0 Å². The molecule has 0 bridgehead atoms. The Morgan fingerprint density at radius 3 is 2.37 bits per heavy atom. The second kappa shape index (κ2) is 15.3. The number of nitrogens with zero attached hydrogens (tertiary/aromatic N) is 3. The van der Waals surface area contributed by atoms with E-state index in [2.05, 4.69) is 30.9 Å². The molecule has 12 heteroatoms. The molecule has 0 saturated carbocycles. The van der Waals surface area contributed by atoms with Crippen molar-refractivity contribution in [2.75, 3.05) is 32.1 Å². The van der Waals surface area contributed by atoms with Crippen LogP contribution in [-0.4, -0.2) is 71.4 Å². The molecule has 2 rings (SSSR count). The van der Waals surface area contributed by atoms with Gasteiger partial charge in [0.25, 0.3) is 5.91 Å². The zero-order valence-corrected chi connectivity index (χ0v) is 25.0. The van der Waals surface area contributed by atoms with Crippen molar-refractivity contribution >= 4 is 30.0 Å². The van der Waals surface area contributed by atoms with Crippen LogP contribution >= 0.6 is 0 Å². The first kappa shape index (κ1) is 32.7. The SMILES string of the molecule is CC=C(C)COc1cccc(C=CCNc2nc(C)c(C(=O)NC(CNC(=O)OC(C)(C)C)C(=O)OC)c(C)n2)n1. The van der Waals surface area contributed by atoms with Crippen molar-refractivity contribution in [3.05, 3.63) is 58.6 Å². The maximum absolute atomic E-state index is 13.1. The van der Waals surface area contributed by atoms with Crippen molar-refractivity contribution < 1.29 is 28.6 Å². The Morgan fingerprint density at radius 1 is 1.07 bits per heavy atom. The molecule has 0 radical (unpaired) electrons. The predicted molar refractivity (Wildman–Crippen MR) is 156 cm³/mol. The fraction of sp³-hybridized carbons (Fsp3) is 0.448. The number of allylic oxidation sites excluding steroid dienone is 1. The second-order valence-electron chi connectivity index (χ2n) is 10.1. The van der Waals surface area contributed by atoms with Crippen LogP contribution in [0.25, 0.3) is 6.08 Å². The number of hydrogen-bond donors (Lipinski definition) is 3. The number of alkyl carbamates (subject to hydrolysis) is 1. The molecule has 222 valence electrons. The molecule has 12 nitrogen and oxygen atoms in total. The van der Waals surface area contributed by atoms with E-state index in [-0.39, 0.29) is 12.1 Å². The minimum absolute atomic E-state index is 0.214. The Hall–Kier alpha value is -4.48. The summed E-state index contributed by atoms with van der Waals surface area (Å²) in [6.07, 6.45) is 4.99. The third-order valence-electron chi connectivity index (χ3n) is 5.49. The van der Waals surface area contributed by atoms with Crippen LogP contribution in [-0.2, 0) is 14.3 Å². The van der Waals surface area contributed by atoms with Crippen molar-refractivity contribution in [1.29, 1.82) is 0 Å². The summed E-state index contributed by atoms with van der Waals surface area (Å²) in [4.78, 5) is 50.5. The van der Waals surface area contributed by atoms with Gasteiger partial charge in [0.1, 0.15) is 18.2 Å². The summed E-state index contributed by atoms with van der Waals surface area (Å²) in [5.74, 6) is -0.426. The Balaban J connectivity index is 2.01. The van der Waals surface area contributed by atoms with Gasteiger partial charge in [0.2, 0.25) is 11.8 Å². The predicted octanol–water partition coefficient (Wildman–Crippen LogP) is 3.75. The zero-order valence-electron chi connectivity index (χ0n) is 25.0. The fourth-order valence-corrected chi connectivity index (χ4v) is 3.39. The Morgan fingerprint density at radius 2 is 1.76 bits per heavy atom. The molecule has 0 aliphatic heterocycles. The largest absolute Gasteiger partial charge is 0.473 e. The fourth-order valence-electron chi connectivity index (χ4n) is 3.39. The van der Waals surface area contributed by atoms with Gasteiger partial charge in [0.15, 0.2) is 0 Å². The van der Waals surface area contributed by atoms with E-state index in [4.69, 9.17) is 14.2 Å². The van der Waals surface area contributed by atoms with Gasteiger partial charge >= 0.3 is 12.1 Å². The number of carbonyl (C=O) groups excluding carboxylic acids is 3. The maximum Gasteiger partial charge on any atom is 0.407 e. The normalized spacial score (nSPS) is 12.4. The van der Waals surface area contributed by atoms with E-state index in [9.17, 15) is 14.4 Å². The van der Waals surface area contributed by atoms with Crippen molar-refractivity contribution in [2.45, 2.75) is 60.1 Å². The van der Waals surface area contributed by atoms with Crippen molar-refractivity contribution in [2.24, 2.45) is 0 Å². The average molecular weight is 569 g/mol. The summed E-state index contributed by atoms with van der Waals surface area (Å²) in [7, 11) is 1.19. The van der Waals surface area contributed by atoms with E-state index in [1.54, 1.807) is 40.7 Å². The van der Waals surface area contributed by atoms with Gasteiger partial charge in [0, 0.05) is 12.6 Å². The lowest BCUT2D eigenvalue weighted by Crippen LogP contribution is -2.50. The van der Waals surface area contributed by atoms with Crippen LogP contribution in [0.1, 0.15) is 62.1 Å². The lowest BCUT2D eigenvalue weighted by atomic mass is 10.1. The number of amides is 2. The van der Waals surface area contributed by atoms with E-state index < -0.39 is 29.6 Å². The first-order chi connectivity index (χ1) is 19.3. The summed E-state index contributed by atoms with van der Waals surface area (Å²) in [5, 5.41) is 8.15. The first-order valence-corrected chi connectivity index (χ1v) is 13.2. The highest BCUT2D eigenvalue weighted by Gasteiger charge is 2.26. The van der Waals surface area contributed by atoms with Gasteiger partial charge in [-0.3, -0.25) is 4.79 Å².